The molecule has 24 heavy (non-hydrogen) atoms. The zero-order chi connectivity index (χ0) is 16.1. The number of halogens is 1. The van der Waals surface area contributed by atoms with Gasteiger partial charge >= 0.3 is 0 Å². The smallest absolute Gasteiger partial charge is 0.236 e. The molecule has 3 rings (SSSR count). The maximum absolute atomic E-state index is 12.3. The van der Waals surface area contributed by atoms with E-state index in [1.54, 1.807) is 6.20 Å². The summed E-state index contributed by atoms with van der Waals surface area (Å²) in [6, 6.07) is 10.2. The van der Waals surface area contributed by atoms with Crippen molar-refractivity contribution in [3.8, 4) is 5.69 Å². The Kier molecular flexibility index (Phi) is 6.78. The van der Waals surface area contributed by atoms with Crippen LogP contribution in [-0.4, -0.2) is 65.3 Å². The van der Waals surface area contributed by atoms with Gasteiger partial charge in [-0.25, -0.2) is 4.68 Å². The van der Waals surface area contributed by atoms with Crippen LogP contribution in [-0.2, 0) is 11.3 Å². The van der Waals surface area contributed by atoms with Gasteiger partial charge < -0.3 is 10.2 Å². The Morgan fingerprint density at radius 3 is 2.58 bits per heavy atom. The highest BCUT2D eigenvalue weighted by atomic mass is 35.5. The van der Waals surface area contributed by atoms with Gasteiger partial charge in [-0.2, -0.15) is 5.10 Å². The van der Waals surface area contributed by atoms with Crippen molar-refractivity contribution < 1.29 is 4.79 Å². The van der Waals surface area contributed by atoms with Gasteiger partial charge in [0, 0.05) is 45.1 Å². The molecule has 0 radical (unpaired) electrons. The largest absolute Gasteiger partial charge is 0.339 e. The standard InChI is InChI=1S/C17H23N5O.ClH/c1-20(14-17(23)21-11-8-18-9-12-21)13-15-3-5-16(6-4-15)22-10-2-7-19-22;/h2-7,10,18H,8-9,11-14H2,1H3;1H. The molecule has 0 spiro atoms. The van der Waals surface area contributed by atoms with Gasteiger partial charge in [-0.15, -0.1) is 12.4 Å². The summed E-state index contributed by atoms with van der Waals surface area (Å²) in [5.74, 6) is 0.210. The molecule has 1 fully saturated rings. The van der Waals surface area contributed by atoms with E-state index in [2.05, 4.69) is 27.4 Å². The van der Waals surface area contributed by atoms with Crippen LogP contribution >= 0.6 is 12.4 Å². The summed E-state index contributed by atoms with van der Waals surface area (Å²) < 4.78 is 1.83. The molecule has 0 aliphatic carbocycles. The average Bonchev–Trinajstić information content (AvgIpc) is 3.11. The number of aromatic nitrogens is 2. The molecule has 0 unspecified atom stereocenters. The summed E-state index contributed by atoms with van der Waals surface area (Å²) in [5, 5.41) is 7.48. The van der Waals surface area contributed by atoms with Crippen LogP contribution in [0.15, 0.2) is 42.7 Å². The van der Waals surface area contributed by atoms with Gasteiger partial charge in [-0.05, 0) is 30.8 Å². The maximum atomic E-state index is 12.3. The van der Waals surface area contributed by atoms with Crippen LogP contribution < -0.4 is 5.32 Å². The van der Waals surface area contributed by atoms with E-state index in [9.17, 15) is 4.79 Å². The normalized spacial score (nSPS) is 14.5. The predicted octanol–water partition coefficient (Wildman–Crippen LogP) is 1.16. The lowest BCUT2D eigenvalue weighted by molar-refractivity contribution is -0.132. The molecule has 2 heterocycles. The van der Waals surface area contributed by atoms with Gasteiger partial charge in [0.25, 0.3) is 0 Å². The van der Waals surface area contributed by atoms with Gasteiger partial charge in [0.2, 0.25) is 5.91 Å². The number of hydrogen-bond acceptors (Lipinski definition) is 4. The van der Waals surface area contributed by atoms with Crippen molar-refractivity contribution in [3.63, 3.8) is 0 Å². The van der Waals surface area contributed by atoms with Crippen LogP contribution in [0.4, 0.5) is 0 Å². The molecule has 2 aromatic rings. The Bertz CT molecular complexity index is 623. The fourth-order valence-electron chi connectivity index (χ4n) is 2.79. The molecule has 1 amide bonds. The van der Waals surface area contributed by atoms with E-state index in [-0.39, 0.29) is 18.3 Å². The van der Waals surface area contributed by atoms with Crippen molar-refractivity contribution >= 4 is 18.3 Å². The number of nitrogens with one attached hydrogen (secondary N) is 1. The molecule has 0 bridgehead atoms. The van der Waals surface area contributed by atoms with Gasteiger partial charge in [0.05, 0.1) is 12.2 Å². The number of likely N-dealkylation sites (N-methyl/N-ethyl adjacent to an activating group) is 1. The number of hydrogen-bond donors (Lipinski definition) is 1. The van der Waals surface area contributed by atoms with Crippen LogP contribution in [0, 0.1) is 0 Å². The first-order valence-electron chi connectivity index (χ1n) is 7.98. The highest BCUT2D eigenvalue weighted by Crippen LogP contribution is 2.10. The number of nitrogens with zero attached hydrogens (tertiary/aromatic N) is 4. The Hall–Kier alpha value is -1.89. The molecule has 1 aliphatic heterocycles. The zero-order valence-corrected chi connectivity index (χ0v) is 14.7. The molecular weight excluding hydrogens is 326 g/mol. The zero-order valence-electron chi connectivity index (χ0n) is 13.9. The molecule has 130 valence electrons. The molecule has 1 aliphatic rings. The molecule has 1 saturated heterocycles. The Morgan fingerprint density at radius 2 is 1.96 bits per heavy atom. The molecule has 1 aromatic carbocycles. The van der Waals surface area contributed by atoms with Crippen molar-refractivity contribution in [1.82, 2.24) is 24.9 Å². The minimum Gasteiger partial charge on any atom is -0.339 e. The van der Waals surface area contributed by atoms with Crippen molar-refractivity contribution in [2.75, 3.05) is 39.8 Å². The van der Waals surface area contributed by atoms with Crippen molar-refractivity contribution in [1.29, 1.82) is 0 Å². The van der Waals surface area contributed by atoms with E-state index >= 15 is 0 Å². The van der Waals surface area contributed by atoms with Gasteiger partial charge in [-0.1, -0.05) is 12.1 Å². The first-order chi connectivity index (χ1) is 11.2. The predicted molar refractivity (Wildman–Crippen MR) is 96.6 cm³/mol. The van der Waals surface area contributed by atoms with Crippen LogP contribution in [0.1, 0.15) is 5.56 Å². The second-order valence-corrected chi connectivity index (χ2v) is 5.92. The van der Waals surface area contributed by atoms with E-state index in [1.807, 2.05) is 41.0 Å². The average molecular weight is 350 g/mol. The highest BCUT2D eigenvalue weighted by molar-refractivity contribution is 5.85. The minimum atomic E-state index is 0. The molecule has 1 aromatic heterocycles. The number of carbonyl (C=O) groups excluding carboxylic acids is 1. The highest BCUT2D eigenvalue weighted by Gasteiger charge is 2.17. The summed E-state index contributed by atoms with van der Waals surface area (Å²) >= 11 is 0. The van der Waals surface area contributed by atoms with E-state index in [4.69, 9.17) is 0 Å². The Morgan fingerprint density at radius 1 is 1.25 bits per heavy atom. The lowest BCUT2D eigenvalue weighted by atomic mass is 10.2. The first-order valence-corrected chi connectivity index (χ1v) is 7.98. The second-order valence-electron chi connectivity index (χ2n) is 5.92. The van der Waals surface area contributed by atoms with Crippen LogP contribution in [0.5, 0.6) is 0 Å². The van der Waals surface area contributed by atoms with Crippen LogP contribution in [0.3, 0.4) is 0 Å². The minimum absolute atomic E-state index is 0. The molecule has 0 atom stereocenters. The van der Waals surface area contributed by atoms with E-state index in [0.29, 0.717) is 6.54 Å². The number of rotatable bonds is 5. The van der Waals surface area contributed by atoms with Gasteiger partial charge in [0.15, 0.2) is 0 Å². The lowest BCUT2D eigenvalue weighted by Crippen LogP contribution is -2.49. The topological polar surface area (TPSA) is 53.4 Å². The summed E-state index contributed by atoms with van der Waals surface area (Å²) in [6.07, 6.45) is 3.69. The number of piperazine rings is 1. The van der Waals surface area contributed by atoms with Crippen molar-refractivity contribution in [2.24, 2.45) is 0 Å². The summed E-state index contributed by atoms with van der Waals surface area (Å²) in [6.45, 7) is 4.63. The van der Waals surface area contributed by atoms with Crippen LogP contribution in [0.2, 0.25) is 0 Å². The quantitative estimate of drug-likeness (QED) is 0.880. The second kappa shape index (κ2) is 8.82. The van der Waals surface area contributed by atoms with E-state index in [0.717, 1.165) is 38.4 Å². The monoisotopic (exact) mass is 349 g/mol. The third-order valence-electron chi connectivity index (χ3n) is 4.03. The number of amides is 1. The molecular formula is C17H24ClN5O. The van der Waals surface area contributed by atoms with E-state index < -0.39 is 0 Å². The third-order valence-corrected chi connectivity index (χ3v) is 4.03. The molecule has 7 heteroatoms. The van der Waals surface area contributed by atoms with Crippen molar-refractivity contribution in [3.05, 3.63) is 48.3 Å². The number of carbonyl (C=O) groups is 1. The van der Waals surface area contributed by atoms with E-state index in [1.165, 1.54) is 5.56 Å². The fraction of sp³-hybridized carbons (Fsp3) is 0.412. The summed E-state index contributed by atoms with van der Waals surface area (Å²) in [4.78, 5) is 16.3. The fourth-order valence-corrected chi connectivity index (χ4v) is 2.79. The Labute approximate surface area is 148 Å². The number of benzene rings is 1. The van der Waals surface area contributed by atoms with Gasteiger partial charge in [-0.3, -0.25) is 9.69 Å². The summed E-state index contributed by atoms with van der Waals surface area (Å²) in [7, 11) is 1.99. The van der Waals surface area contributed by atoms with Crippen molar-refractivity contribution in [2.45, 2.75) is 6.54 Å². The molecule has 0 saturated carbocycles. The van der Waals surface area contributed by atoms with Gasteiger partial charge in [0.1, 0.15) is 0 Å². The SMILES string of the molecule is CN(CC(=O)N1CCNCC1)Cc1ccc(-n2cccn2)cc1.Cl. The molecule has 1 N–H and O–H groups in total. The lowest BCUT2D eigenvalue weighted by Gasteiger charge is -2.29. The molecule has 6 nitrogen and oxygen atoms in total. The summed E-state index contributed by atoms with van der Waals surface area (Å²) in [5.41, 5.74) is 2.23. The third kappa shape index (κ3) is 4.80. The van der Waals surface area contributed by atoms with Crippen LogP contribution in [0.25, 0.3) is 5.69 Å². The maximum Gasteiger partial charge on any atom is 0.236 e. The Balaban J connectivity index is 0.00000208. The first kappa shape index (κ1) is 18.4.